The molecule has 0 nitrogen and oxygen atoms in total. The van der Waals surface area contributed by atoms with Gasteiger partial charge in [0.1, 0.15) is 0 Å². The number of hydrogen-bond donors (Lipinski definition) is 0. The Balaban J connectivity index is 1.47. The summed E-state index contributed by atoms with van der Waals surface area (Å²) in [6, 6.07) is 43.7. The topological polar surface area (TPSA) is 0 Å². The molecule has 0 aliphatic rings. The number of benzene rings is 9. The van der Waals surface area contributed by atoms with E-state index in [-0.39, 0.29) is 53.1 Å². The van der Waals surface area contributed by atoms with Crippen LogP contribution in [0.2, 0.25) is 0 Å². The predicted octanol–water partition coefficient (Wildman–Crippen LogP) is 13.0. The monoisotopic (exact) mass is 589 g/mol. The van der Waals surface area contributed by atoms with Crippen LogP contribution < -0.4 is 0 Å². The van der Waals surface area contributed by atoms with E-state index in [1.807, 2.05) is 109 Å². The van der Waals surface area contributed by atoms with Crippen LogP contribution in [-0.4, -0.2) is 0 Å². The first-order valence-electron chi connectivity index (χ1n) is 18.9. The van der Waals surface area contributed by atoms with Gasteiger partial charge in [0, 0.05) is 0 Å². The molecule has 0 N–H and O–H groups in total. The van der Waals surface area contributed by atoms with E-state index in [2.05, 4.69) is 30.3 Å². The van der Waals surface area contributed by atoms with Crippen molar-refractivity contribution < 1.29 is 9.60 Å². The molecule has 0 spiro atoms. The lowest BCUT2D eigenvalue weighted by Crippen LogP contribution is -1.92. The quantitative estimate of drug-likeness (QED) is 0.179. The lowest BCUT2D eigenvalue weighted by atomic mass is 9.84. The van der Waals surface area contributed by atoms with Crippen molar-refractivity contribution in [1.29, 1.82) is 0 Å². The number of rotatable bonds is 4. The molecule has 0 aliphatic heterocycles. The van der Waals surface area contributed by atoms with E-state index in [0.717, 1.165) is 32.7 Å². The first-order chi connectivity index (χ1) is 25.7. The van der Waals surface area contributed by atoms with Crippen molar-refractivity contribution in [3.05, 3.63) is 182 Å². The van der Waals surface area contributed by atoms with Crippen LogP contribution in [0.15, 0.2) is 182 Å². The summed E-state index contributed by atoms with van der Waals surface area (Å²) in [6.07, 6.45) is 0. The second-order valence-electron chi connectivity index (χ2n) is 11.6. The third-order valence-electron chi connectivity index (χ3n) is 8.83. The Labute approximate surface area is 278 Å². The fourth-order valence-electron chi connectivity index (χ4n) is 6.61. The van der Waals surface area contributed by atoms with Crippen molar-refractivity contribution in [3.63, 3.8) is 0 Å². The molecule has 0 aromatic heterocycles. The minimum atomic E-state index is -0.385. The Morgan fingerprint density at radius 1 is 0.304 bits per heavy atom. The maximum absolute atomic E-state index is 9.93. The molecule has 0 amide bonds. The van der Waals surface area contributed by atoms with Crippen LogP contribution in [0.5, 0.6) is 0 Å². The normalized spacial score (nSPS) is 13.6. The van der Waals surface area contributed by atoms with Gasteiger partial charge in [-0.05, 0) is 112 Å². The molecule has 9 aromatic rings. The van der Waals surface area contributed by atoms with Gasteiger partial charge in [-0.3, -0.25) is 0 Å². The van der Waals surface area contributed by atoms with Crippen LogP contribution in [0, 0.1) is 0 Å². The van der Waals surface area contributed by atoms with Crippen LogP contribution in [0.1, 0.15) is 9.60 Å². The van der Waals surface area contributed by atoms with Crippen molar-refractivity contribution in [2.24, 2.45) is 0 Å². The highest BCUT2D eigenvalue weighted by atomic mass is 14.2. The summed E-state index contributed by atoms with van der Waals surface area (Å²) in [4.78, 5) is 0. The predicted molar refractivity (Wildman–Crippen MR) is 198 cm³/mol. The van der Waals surface area contributed by atoms with Gasteiger partial charge in [-0.1, -0.05) is 158 Å². The average molecular weight is 590 g/mol. The summed E-state index contributed by atoms with van der Waals surface area (Å²) < 4.78 is 65.4. The summed E-state index contributed by atoms with van der Waals surface area (Å²) in [7, 11) is 0. The Morgan fingerprint density at radius 3 is 1.48 bits per heavy atom. The molecule has 0 unspecified atom stereocenters. The fourth-order valence-corrected chi connectivity index (χ4v) is 6.61. The van der Waals surface area contributed by atoms with Crippen LogP contribution in [0.25, 0.3) is 87.6 Å². The lowest BCUT2D eigenvalue weighted by molar-refractivity contribution is 1.62. The van der Waals surface area contributed by atoms with Crippen LogP contribution in [0.3, 0.4) is 0 Å². The highest BCUT2D eigenvalue weighted by Crippen LogP contribution is 2.45. The van der Waals surface area contributed by atoms with Crippen LogP contribution >= 0.6 is 0 Å². The van der Waals surface area contributed by atoms with Gasteiger partial charge < -0.3 is 0 Å². The Morgan fingerprint density at radius 2 is 0.804 bits per heavy atom. The van der Waals surface area contributed by atoms with Gasteiger partial charge in [0.25, 0.3) is 0 Å². The Bertz CT molecular complexity index is 2970. The molecule has 0 bridgehead atoms. The van der Waals surface area contributed by atoms with Gasteiger partial charge in [0.2, 0.25) is 0 Å². The Hall–Kier alpha value is -5.98. The van der Waals surface area contributed by atoms with Crippen LogP contribution in [0.4, 0.5) is 0 Å². The summed E-state index contributed by atoms with van der Waals surface area (Å²) in [6.45, 7) is 0. The molecule has 9 rings (SSSR count). The molecule has 0 saturated carbocycles. The van der Waals surface area contributed by atoms with Crippen LogP contribution in [-0.2, 0) is 0 Å². The molecule has 0 radical (unpaired) electrons. The first-order valence-corrected chi connectivity index (χ1v) is 15.4. The minimum Gasteiger partial charge on any atom is -0.0622 e. The van der Waals surface area contributed by atoms with Crippen molar-refractivity contribution >= 4 is 43.1 Å². The zero-order chi connectivity index (χ0) is 36.5. The zero-order valence-electron chi connectivity index (χ0n) is 31.8. The largest absolute Gasteiger partial charge is 0.0636 e. The molecular weight excluding hydrogens is 553 g/mol. The van der Waals surface area contributed by atoms with E-state index in [4.69, 9.17) is 2.74 Å². The highest BCUT2D eigenvalue weighted by Gasteiger charge is 2.18. The van der Waals surface area contributed by atoms with Crippen molar-refractivity contribution in [3.8, 4) is 44.5 Å². The Kier molecular flexibility index (Phi) is 4.76. The van der Waals surface area contributed by atoms with Gasteiger partial charge in [-0.25, -0.2) is 0 Å². The molecule has 0 fully saturated rings. The SMILES string of the molecule is [2H]c1c([2H])c([2H])c2c(-c3ccccc3)c3c([2H])c(-c4ccc5ccccc5c4)c([2H])c([2H])c3c(-c3cccc(-c4ccc5ccccc5c4)c3)c2c1[2H]. The highest BCUT2D eigenvalue weighted by molar-refractivity contribution is 6.22. The molecule has 0 saturated heterocycles. The smallest absolute Gasteiger partial charge is 0.0622 e. The molecule has 214 valence electrons. The summed E-state index contributed by atoms with van der Waals surface area (Å²) in [5.74, 6) is 0. The van der Waals surface area contributed by atoms with Gasteiger partial charge >= 0.3 is 0 Å². The van der Waals surface area contributed by atoms with E-state index in [1.54, 1.807) is 0 Å². The summed E-state index contributed by atoms with van der Waals surface area (Å²) in [5, 5.41) is 5.35. The van der Waals surface area contributed by atoms with E-state index >= 15 is 0 Å². The van der Waals surface area contributed by atoms with E-state index < -0.39 is 0 Å². The number of hydrogen-bond acceptors (Lipinski definition) is 0. The van der Waals surface area contributed by atoms with E-state index in [9.17, 15) is 6.85 Å². The van der Waals surface area contributed by atoms with Gasteiger partial charge in [-0.15, -0.1) is 0 Å². The van der Waals surface area contributed by atoms with Crippen molar-refractivity contribution in [2.75, 3.05) is 0 Å². The third-order valence-corrected chi connectivity index (χ3v) is 8.83. The second kappa shape index (κ2) is 10.9. The lowest BCUT2D eigenvalue weighted by Gasteiger charge is -2.19. The van der Waals surface area contributed by atoms with Crippen molar-refractivity contribution in [1.82, 2.24) is 0 Å². The maximum atomic E-state index is 9.93. The number of fused-ring (bicyclic) bond motifs is 4. The molecule has 0 aliphatic carbocycles. The second-order valence-corrected chi connectivity index (χ2v) is 11.6. The standard InChI is InChI=1S/C46H30/c1-2-13-33(14-3-1)45-41-19-8-9-20-42(41)46(40-18-10-17-36(29-40)37-23-21-31-11-4-6-15-34(31)27-37)43-26-25-39(30-44(43)45)38-24-22-32-12-5-7-16-35(32)28-38/h1-30H/i8D,9D,19D,20D,25D,26D,30D. The summed E-state index contributed by atoms with van der Waals surface area (Å²) >= 11 is 0. The summed E-state index contributed by atoms with van der Waals surface area (Å²) in [5.41, 5.74) is 4.90. The minimum absolute atomic E-state index is 0.0244. The molecular formula is C46H30. The van der Waals surface area contributed by atoms with E-state index in [1.165, 1.54) is 0 Å². The zero-order valence-corrected chi connectivity index (χ0v) is 24.8. The van der Waals surface area contributed by atoms with Crippen molar-refractivity contribution in [2.45, 2.75) is 0 Å². The van der Waals surface area contributed by atoms with Gasteiger partial charge in [0.05, 0.1) is 9.60 Å². The first kappa shape index (κ1) is 20.1. The maximum Gasteiger partial charge on any atom is 0.0636 e. The van der Waals surface area contributed by atoms with Gasteiger partial charge in [0.15, 0.2) is 0 Å². The molecule has 0 heterocycles. The average Bonchev–Trinajstić information content (AvgIpc) is 3.20. The third kappa shape index (κ3) is 4.47. The van der Waals surface area contributed by atoms with Gasteiger partial charge in [-0.2, -0.15) is 0 Å². The molecule has 0 heteroatoms. The fraction of sp³-hybridized carbons (Fsp3) is 0. The molecule has 9 aromatic carbocycles. The molecule has 0 atom stereocenters. The van der Waals surface area contributed by atoms with E-state index in [0.29, 0.717) is 44.2 Å². The molecule has 46 heavy (non-hydrogen) atoms.